The lowest BCUT2D eigenvalue weighted by molar-refractivity contribution is -0.130. The zero-order chi connectivity index (χ0) is 26.2. The van der Waals surface area contributed by atoms with Crippen LogP contribution in [0.2, 0.25) is 0 Å². The van der Waals surface area contributed by atoms with Crippen LogP contribution < -0.4 is 0 Å². The van der Waals surface area contributed by atoms with Gasteiger partial charge in [-0.25, -0.2) is 8.42 Å². The zero-order valence-electron chi connectivity index (χ0n) is 21.4. The van der Waals surface area contributed by atoms with Crippen molar-refractivity contribution in [1.82, 2.24) is 14.3 Å². The van der Waals surface area contributed by atoms with Crippen molar-refractivity contribution in [3.8, 4) is 0 Å². The molecule has 0 bridgehead atoms. The molecule has 3 aromatic carbocycles. The van der Waals surface area contributed by atoms with Crippen molar-refractivity contribution in [2.45, 2.75) is 50.2 Å². The van der Waals surface area contributed by atoms with E-state index in [-0.39, 0.29) is 17.3 Å². The Kier molecular flexibility index (Phi) is 7.03. The Hall–Kier alpha value is -3.26. The molecule has 6 nitrogen and oxygen atoms in total. The second-order valence-corrected chi connectivity index (χ2v) is 11.7. The number of sulfonamides is 1. The van der Waals surface area contributed by atoms with Crippen LogP contribution in [0.3, 0.4) is 0 Å². The van der Waals surface area contributed by atoms with Crippen LogP contribution in [0.15, 0.2) is 95.9 Å². The number of hydrogen-bond acceptors (Lipinski definition) is 4. The lowest BCUT2D eigenvalue weighted by Gasteiger charge is -2.55. The van der Waals surface area contributed by atoms with Gasteiger partial charge >= 0.3 is 0 Å². The van der Waals surface area contributed by atoms with E-state index in [9.17, 15) is 13.2 Å². The molecule has 2 atom stereocenters. The van der Waals surface area contributed by atoms with Gasteiger partial charge < -0.3 is 0 Å². The fourth-order valence-corrected chi connectivity index (χ4v) is 7.00. The maximum atomic E-state index is 14.2. The summed E-state index contributed by atoms with van der Waals surface area (Å²) in [6.07, 6.45) is 1.65. The first kappa shape index (κ1) is 25.4. The highest BCUT2D eigenvalue weighted by atomic mass is 32.2. The minimum Gasteiger partial charge on any atom is -0.268 e. The Morgan fingerprint density at radius 2 is 1.65 bits per heavy atom. The van der Waals surface area contributed by atoms with E-state index in [4.69, 9.17) is 0 Å². The highest BCUT2D eigenvalue weighted by Gasteiger charge is 2.50. The first-order valence-electron chi connectivity index (χ1n) is 12.8. The van der Waals surface area contributed by atoms with Crippen molar-refractivity contribution in [3.63, 3.8) is 0 Å². The Morgan fingerprint density at radius 3 is 2.35 bits per heavy atom. The quantitative estimate of drug-likeness (QED) is 0.416. The SMILES string of the molecule is C=C(CCC)[C@H]1CN(S(=O)(=O)c2ccc(C)cc2)[C@H]2c3ccccc3CCN2N1C(=O)c1ccccc1. The largest absolute Gasteiger partial charge is 0.268 e. The Balaban J connectivity index is 1.67. The Labute approximate surface area is 219 Å². The molecule has 0 aliphatic carbocycles. The molecule has 2 aliphatic heterocycles. The van der Waals surface area contributed by atoms with E-state index >= 15 is 0 Å². The van der Waals surface area contributed by atoms with Crippen molar-refractivity contribution >= 4 is 15.9 Å². The van der Waals surface area contributed by atoms with E-state index in [1.807, 2.05) is 72.6 Å². The lowest BCUT2D eigenvalue weighted by Crippen LogP contribution is -2.67. The Morgan fingerprint density at radius 1 is 0.973 bits per heavy atom. The number of rotatable bonds is 6. The van der Waals surface area contributed by atoms with Crippen molar-refractivity contribution in [1.29, 1.82) is 0 Å². The van der Waals surface area contributed by atoms with Crippen molar-refractivity contribution in [2.24, 2.45) is 0 Å². The van der Waals surface area contributed by atoms with Crippen molar-refractivity contribution in [3.05, 3.63) is 113 Å². The number of hydrazine groups is 1. The minimum absolute atomic E-state index is 0.139. The molecule has 0 radical (unpaired) electrons. The van der Waals surface area contributed by atoms with Crippen LogP contribution >= 0.6 is 0 Å². The van der Waals surface area contributed by atoms with Crippen LogP contribution in [-0.2, 0) is 16.4 Å². The first-order chi connectivity index (χ1) is 17.8. The average Bonchev–Trinajstić information content (AvgIpc) is 2.92. The minimum atomic E-state index is -3.87. The molecule has 1 amide bonds. The molecule has 0 spiro atoms. The number of hydrogen-bond donors (Lipinski definition) is 0. The fraction of sp³-hybridized carbons (Fsp3) is 0.300. The van der Waals surface area contributed by atoms with Crippen molar-refractivity contribution in [2.75, 3.05) is 13.1 Å². The molecule has 0 N–H and O–H groups in total. The second kappa shape index (κ2) is 10.2. The van der Waals surface area contributed by atoms with Gasteiger partial charge in [-0.1, -0.05) is 85.7 Å². The van der Waals surface area contributed by atoms with Gasteiger partial charge in [0, 0.05) is 18.7 Å². The number of nitrogens with zero attached hydrogens (tertiary/aromatic N) is 3. The molecule has 0 aromatic heterocycles. The van der Waals surface area contributed by atoms with E-state index in [1.54, 1.807) is 21.4 Å². The molecule has 2 aliphatic rings. The monoisotopic (exact) mass is 515 g/mol. The molecule has 5 rings (SSSR count). The number of fused-ring (bicyclic) bond motifs is 3. The summed E-state index contributed by atoms with van der Waals surface area (Å²) in [5.74, 6) is -0.139. The molecule has 37 heavy (non-hydrogen) atoms. The van der Waals surface area contributed by atoms with Crippen LogP contribution in [0.5, 0.6) is 0 Å². The molecule has 1 saturated heterocycles. The van der Waals surface area contributed by atoms with Gasteiger partial charge in [0.2, 0.25) is 10.0 Å². The van der Waals surface area contributed by atoms with E-state index in [0.29, 0.717) is 18.5 Å². The predicted octanol–water partition coefficient (Wildman–Crippen LogP) is 5.34. The van der Waals surface area contributed by atoms with Gasteiger partial charge in [0.05, 0.1) is 10.9 Å². The smallest absolute Gasteiger partial charge is 0.268 e. The highest BCUT2D eigenvalue weighted by molar-refractivity contribution is 7.89. The summed E-state index contributed by atoms with van der Waals surface area (Å²) >= 11 is 0. The normalized spacial score (nSPS) is 20.2. The third-order valence-electron chi connectivity index (χ3n) is 7.32. The molecule has 0 saturated carbocycles. The van der Waals surface area contributed by atoms with E-state index in [2.05, 4.69) is 19.6 Å². The third kappa shape index (κ3) is 4.63. The van der Waals surface area contributed by atoms with E-state index in [1.165, 1.54) is 0 Å². The standard InChI is InChI=1S/C30H33N3O3S/c1-4-10-23(3)28-21-32(37(35,36)26-17-15-22(2)16-18-26)29-27-14-9-8-11-24(27)19-20-31(29)33(28)30(34)25-12-6-5-7-13-25/h5-9,11-18,28-29H,3-4,10,19-21H2,1-2H3/t28-,29+/m1/s1. The van der Waals surface area contributed by atoms with Gasteiger partial charge in [-0.05, 0) is 55.2 Å². The summed E-state index contributed by atoms with van der Waals surface area (Å²) < 4.78 is 30.0. The maximum Gasteiger partial charge on any atom is 0.268 e. The number of amides is 1. The van der Waals surface area contributed by atoms with E-state index < -0.39 is 22.2 Å². The van der Waals surface area contributed by atoms with Gasteiger partial charge in [0.1, 0.15) is 6.17 Å². The molecular formula is C30H33N3O3S. The Bertz CT molecular complexity index is 1400. The molecule has 3 aromatic rings. The van der Waals surface area contributed by atoms with Crippen molar-refractivity contribution < 1.29 is 13.2 Å². The lowest BCUT2D eigenvalue weighted by atomic mass is 9.94. The first-order valence-corrected chi connectivity index (χ1v) is 14.3. The summed E-state index contributed by atoms with van der Waals surface area (Å²) in [7, 11) is -3.87. The highest BCUT2D eigenvalue weighted by Crippen LogP contribution is 2.42. The number of benzene rings is 3. The number of carbonyl (C=O) groups is 1. The van der Waals surface area contributed by atoms with Gasteiger partial charge in [0.25, 0.3) is 5.91 Å². The van der Waals surface area contributed by atoms with Gasteiger partial charge in [-0.15, -0.1) is 0 Å². The second-order valence-electron chi connectivity index (χ2n) is 9.81. The number of carbonyl (C=O) groups excluding carboxylic acids is 1. The average molecular weight is 516 g/mol. The molecule has 2 heterocycles. The third-order valence-corrected chi connectivity index (χ3v) is 9.16. The number of aryl methyl sites for hydroxylation is 1. The summed E-state index contributed by atoms with van der Waals surface area (Å²) in [6, 6.07) is 23.7. The fourth-order valence-electron chi connectivity index (χ4n) is 5.42. The van der Waals surface area contributed by atoms with Crippen LogP contribution in [0.1, 0.15) is 53.0 Å². The predicted molar refractivity (Wildman–Crippen MR) is 145 cm³/mol. The van der Waals surface area contributed by atoms with Crippen LogP contribution in [0.4, 0.5) is 0 Å². The topological polar surface area (TPSA) is 60.9 Å². The van der Waals surface area contributed by atoms with Crippen LogP contribution in [0.25, 0.3) is 0 Å². The van der Waals surface area contributed by atoms with Gasteiger partial charge in [0.15, 0.2) is 0 Å². The van der Waals surface area contributed by atoms with Gasteiger partial charge in [-0.2, -0.15) is 9.31 Å². The molecule has 0 unspecified atom stereocenters. The summed E-state index contributed by atoms with van der Waals surface area (Å²) in [6.45, 7) is 9.01. The van der Waals surface area contributed by atoms with E-state index in [0.717, 1.165) is 35.1 Å². The summed E-state index contributed by atoms with van der Waals surface area (Å²) in [5.41, 5.74) is 4.44. The molecule has 7 heteroatoms. The molecular weight excluding hydrogens is 482 g/mol. The van der Waals surface area contributed by atoms with Crippen LogP contribution in [0, 0.1) is 6.92 Å². The zero-order valence-corrected chi connectivity index (χ0v) is 22.2. The molecule has 1 fully saturated rings. The summed E-state index contributed by atoms with van der Waals surface area (Å²) in [5, 5.41) is 3.74. The molecule has 192 valence electrons. The van der Waals surface area contributed by atoms with Crippen LogP contribution in [-0.4, -0.2) is 47.8 Å². The maximum absolute atomic E-state index is 14.2. The summed E-state index contributed by atoms with van der Waals surface area (Å²) in [4.78, 5) is 14.3. The van der Waals surface area contributed by atoms with Gasteiger partial charge in [-0.3, -0.25) is 9.80 Å².